The van der Waals surface area contributed by atoms with Gasteiger partial charge >= 0.3 is 12.0 Å². The minimum absolute atomic E-state index is 0.0364. The standard InChI is InChI=1S/C19H24N4O5S/c1-9-6-4-5-7-12(9)22-19(27)23-13(24)8-28-18(26)15-10(2)14-16(25)20-11(3)21-17(14)29-15/h9,12H,4-8H2,1-3H3,(H,20,21,25)(H2,22,23,24,27)/t9-,12+/m0/s1. The van der Waals surface area contributed by atoms with Gasteiger partial charge in [0.2, 0.25) is 0 Å². The molecule has 1 aliphatic carbocycles. The van der Waals surface area contributed by atoms with E-state index in [9.17, 15) is 19.2 Å². The van der Waals surface area contributed by atoms with E-state index in [1.807, 2.05) is 0 Å². The molecule has 9 nitrogen and oxygen atoms in total. The van der Waals surface area contributed by atoms with Gasteiger partial charge in [0.25, 0.3) is 11.5 Å². The number of thiophene rings is 1. The van der Waals surface area contributed by atoms with Crippen LogP contribution in [0.15, 0.2) is 4.79 Å². The lowest BCUT2D eigenvalue weighted by Gasteiger charge is -2.29. The van der Waals surface area contributed by atoms with Crippen molar-refractivity contribution in [3.63, 3.8) is 0 Å². The fourth-order valence-electron chi connectivity index (χ4n) is 3.54. The van der Waals surface area contributed by atoms with Gasteiger partial charge in [-0.2, -0.15) is 0 Å². The molecule has 10 heteroatoms. The minimum Gasteiger partial charge on any atom is -0.451 e. The van der Waals surface area contributed by atoms with Crippen LogP contribution in [0.5, 0.6) is 0 Å². The number of aromatic amines is 1. The van der Waals surface area contributed by atoms with E-state index in [-0.39, 0.29) is 16.5 Å². The molecule has 1 aliphatic rings. The second-order valence-electron chi connectivity index (χ2n) is 7.35. The topological polar surface area (TPSA) is 130 Å². The molecule has 29 heavy (non-hydrogen) atoms. The number of carbonyl (C=O) groups excluding carboxylic acids is 3. The van der Waals surface area contributed by atoms with Gasteiger partial charge < -0.3 is 15.0 Å². The number of imide groups is 1. The van der Waals surface area contributed by atoms with E-state index < -0.39 is 24.5 Å². The Kier molecular flexibility index (Phi) is 6.31. The van der Waals surface area contributed by atoms with Crippen LogP contribution in [0.3, 0.4) is 0 Å². The number of H-pyrrole nitrogens is 1. The van der Waals surface area contributed by atoms with Gasteiger partial charge in [-0.25, -0.2) is 14.6 Å². The van der Waals surface area contributed by atoms with E-state index >= 15 is 0 Å². The Morgan fingerprint density at radius 3 is 2.69 bits per heavy atom. The molecule has 0 aromatic carbocycles. The van der Waals surface area contributed by atoms with Gasteiger partial charge in [0, 0.05) is 6.04 Å². The van der Waals surface area contributed by atoms with Crippen LogP contribution in [0.1, 0.15) is 53.7 Å². The average molecular weight is 420 g/mol. The van der Waals surface area contributed by atoms with Gasteiger partial charge in [-0.3, -0.25) is 14.9 Å². The van der Waals surface area contributed by atoms with Crippen molar-refractivity contribution in [1.29, 1.82) is 0 Å². The number of nitrogens with zero attached hydrogens (tertiary/aromatic N) is 1. The normalized spacial score (nSPS) is 19.0. The van der Waals surface area contributed by atoms with Gasteiger partial charge in [0.15, 0.2) is 6.61 Å². The van der Waals surface area contributed by atoms with Crippen LogP contribution in [0.4, 0.5) is 4.79 Å². The predicted octanol–water partition coefficient (Wildman–Crippen LogP) is 2.16. The van der Waals surface area contributed by atoms with Crippen LogP contribution in [0.2, 0.25) is 0 Å². The van der Waals surface area contributed by atoms with Crippen molar-refractivity contribution in [3.8, 4) is 0 Å². The minimum atomic E-state index is -0.737. The first-order valence-corrected chi connectivity index (χ1v) is 10.4. The molecule has 1 saturated carbocycles. The highest BCUT2D eigenvalue weighted by atomic mass is 32.1. The zero-order valence-electron chi connectivity index (χ0n) is 16.6. The average Bonchev–Trinajstić information content (AvgIpc) is 2.98. The molecule has 2 aromatic heterocycles. The zero-order chi connectivity index (χ0) is 21.1. The Morgan fingerprint density at radius 2 is 1.97 bits per heavy atom. The summed E-state index contributed by atoms with van der Waals surface area (Å²) in [5.41, 5.74) is 0.125. The van der Waals surface area contributed by atoms with E-state index in [1.165, 1.54) is 0 Å². The van der Waals surface area contributed by atoms with Crippen LogP contribution >= 0.6 is 11.3 Å². The highest BCUT2D eigenvalue weighted by Gasteiger charge is 2.24. The molecule has 0 radical (unpaired) electrons. The maximum absolute atomic E-state index is 12.3. The van der Waals surface area contributed by atoms with Crippen molar-refractivity contribution < 1.29 is 19.1 Å². The summed E-state index contributed by atoms with van der Waals surface area (Å²) in [7, 11) is 0. The third kappa shape index (κ3) is 4.81. The third-order valence-corrected chi connectivity index (χ3v) is 6.29. The molecule has 3 N–H and O–H groups in total. The molecule has 3 rings (SSSR count). The highest BCUT2D eigenvalue weighted by Crippen LogP contribution is 2.27. The lowest BCUT2D eigenvalue weighted by Crippen LogP contribution is -2.48. The van der Waals surface area contributed by atoms with Crippen molar-refractivity contribution >= 4 is 39.5 Å². The van der Waals surface area contributed by atoms with Gasteiger partial charge in [-0.05, 0) is 38.2 Å². The lowest BCUT2D eigenvalue weighted by atomic mass is 9.86. The molecule has 0 unspecified atom stereocenters. The molecule has 0 spiro atoms. The Labute approximate surface area is 171 Å². The molecule has 2 aromatic rings. The fraction of sp³-hybridized carbons (Fsp3) is 0.526. The van der Waals surface area contributed by atoms with Gasteiger partial charge in [-0.1, -0.05) is 19.8 Å². The molecule has 156 valence electrons. The summed E-state index contributed by atoms with van der Waals surface area (Å²) in [5.74, 6) is -0.649. The number of rotatable bonds is 4. The van der Waals surface area contributed by atoms with Crippen molar-refractivity contribution in [2.45, 2.75) is 52.5 Å². The summed E-state index contributed by atoms with van der Waals surface area (Å²) in [6.45, 7) is 4.75. The number of hydrogen-bond donors (Lipinski definition) is 3. The summed E-state index contributed by atoms with van der Waals surface area (Å²) in [4.78, 5) is 55.8. The number of fused-ring (bicyclic) bond motifs is 1. The second-order valence-corrected chi connectivity index (χ2v) is 8.35. The number of aryl methyl sites for hydroxylation is 2. The number of aromatic nitrogens is 2. The molecule has 0 bridgehead atoms. The first-order chi connectivity index (χ1) is 13.8. The monoisotopic (exact) mass is 420 g/mol. The first-order valence-electron chi connectivity index (χ1n) is 9.53. The molecule has 1 fully saturated rings. The van der Waals surface area contributed by atoms with Gasteiger partial charge in [0.05, 0.1) is 5.39 Å². The fourth-order valence-corrected chi connectivity index (χ4v) is 4.66. The molecular weight excluding hydrogens is 396 g/mol. The Morgan fingerprint density at radius 1 is 1.24 bits per heavy atom. The van der Waals surface area contributed by atoms with Crippen molar-refractivity contribution in [3.05, 3.63) is 26.6 Å². The maximum atomic E-state index is 12.3. The summed E-state index contributed by atoms with van der Waals surface area (Å²) >= 11 is 1.03. The lowest BCUT2D eigenvalue weighted by molar-refractivity contribution is -0.123. The number of amides is 3. The summed E-state index contributed by atoms with van der Waals surface area (Å²) in [6, 6.07) is -0.552. The summed E-state index contributed by atoms with van der Waals surface area (Å²) in [5, 5.41) is 5.32. The van der Waals surface area contributed by atoms with Crippen LogP contribution in [0.25, 0.3) is 10.2 Å². The Balaban J connectivity index is 1.56. The molecular formula is C19H24N4O5S. The van der Waals surface area contributed by atoms with E-state index in [0.29, 0.717) is 27.5 Å². The quantitative estimate of drug-likeness (QED) is 0.650. The van der Waals surface area contributed by atoms with Crippen molar-refractivity contribution in [1.82, 2.24) is 20.6 Å². The Bertz CT molecular complexity index is 1010. The van der Waals surface area contributed by atoms with Crippen LogP contribution in [-0.2, 0) is 9.53 Å². The number of hydrogen-bond acceptors (Lipinski definition) is 7. The zero-order valence-corrected chi connectivity index (χ0v) is 17.4. The number of ether oxygens (including phenoxy) is 1. The maximum Gasteiger partial charge on any atom is 0.349 e. The SMILES string of the molecule is Cc1nc2sc(C(=O)OCC(=O)NC(=O)N[C@@H]3CCCC[C@@H]3C)c(C)c2c(=O)[nH]1. The molecule has 3 amide bonds. The number of carbonyl (C=O) groups is 3. The van der Waals surface area contributed by atoms with E-state index in [2.05, 4.69) is 27.5 Å². The van der Waals surface area contributed by atoms with E-state index in [1.54, 1.807) is 13.8 Å². The first kappa shape index (κ1) is 21.0. The molecule has 0 aliphatic heterocycles. The van der Waals surface area contributed by atoms with Crippen LogP contribution < -0.4 is 16.2 Å². The number of urea groups is 1. The summed E-state index contributed by atoms with van der Waals surface area (Å²) in [6.07, 6.45) is 4.12. The molecule has 2 atom stereocenters. The number of esters is 1. The summed E-state index contributed by atoms with van der Waals surface area (Å²) < 4.78 is 5.02. The highest BCUT2D eigenvalue weighted by molar-refractivity contribution is 7.20. The largest absolute Gasteiger partial charge is 0.451 e. The molecule has 0 saturated heterocycles. The van der Waals surface area contributed by atoms with E-state index in [4.69, 9.17) is 4.74 Å². The van der Waals surface area contributed by atoms with Gasteiger partial charge in [0.1, 0.15) is 15.5 Å². The third-order valence-electron chi connectivity index (χ3n) is 5.12. The smallest absolute Gasteiger partial charge is 0.349 e. The van der Waals surface area contributed by atoms with Crippen molar-refractivity contribution in [2.75, 3.05) is 6.61 Å². The second kappa shape index (κ2) is 8.73. The Hall–Kier alpha value is -2.75. The van der Waals surface area contributed by atoms with Gasteiger partial charge in [-0.15, -0.1) is 11.3 Å². The predicted molar refractivity (Wildman–Crippen MR) is 108 cm³/mol. The van der Waals surface area contributed by atoms with Crippen LogP contribution in [-0.4, -0.2) is 40.5 Å². The van der Waals surface area contributed by atoms with Crippen molar-refractivity contribution in [2.24, 2.45) is 5.92 Å². The molecule has 2 heterocycles. The van der Waals surface area contributed by atoms with E-state index in [0.717, 1.165) is 37.0 Å². The number of nitrogens with one attached hydrogen (secondary N) is 3. The van der Waals surface area contributed by atoms with Crippen LogP contribution in [0, 0.1) is 19.8 Å².